The fourth-order valence-corrected chi connectivity index (χ4v) is 2.61. The van der Waals surface area contributed by atoms with E-state index in [4.69, 9.17) is 0 Å². The van der Waals surface area contributed by atoms with Gasteiger partial charge in [-0.1, -0.05) is 30.3 Å². The van der Waals surface area contributed by atoms with E-state index in [1.165, 1.54) is 30.3 Å². The number of alkyl halides is 3. The average molecular weight is 366 g/mol. The summed E-state index contributed by atoms with van der Waals surface area (Å²) in [7, 11) is 0. The summed E-state index contributed by atoms with van der Waals surface area (Å²) in [6.45, 7) is 0.0735. The van der Waals surface area contributed by atoms with E-state index in [9.17, 15) is 22.4 Å². The highest BCUT2D eigenvalue weighted by Gasteiger charge is 2.31. The molecule has 1 aliphatic rings. The molecule has 2 aromatic rings. The number of halogens is 4. The molecule has 1 aliphatic carbocycles. The maximum Gasteiger partial charge on any atom is 0.416 e. The number of hydrogen-bond donors (Lipinski definition) is 2. The molecule has 0 aliphatic heterocycles. The van der Waals surface area contributed by atoms with E-state index >= 15 is 0 Å². The SMILES string of the molecule is O=C(NC1CC1)[C@H](NCc1cccc(C(F)(F)F)c1)c1ccc(F)cc1. The molecular weight excluding hydrogens is 348 g/mol. The molecule has 2 N–H and O–H groups in total. The number of benzene rings is 2. The van der Waals surface area contributed by atoms with Crippen LogP contribution in [0.5, 0.6) is 0 Å². The third-order valence-electron chi connectivity index (χ3n) is 4.15. The molecule has 2 aromatic carbocycles. The fraction of sp³-hybridized carbons (Fsp3) is 0.316. The second kappa shape index (κ2) is 7.45. The summed E-state index contributed by atoms with van der Waals surface area (Å²) in [5.41, 5.74) is 0.222. The Bertz CT molecular complexity index is 770. The highest BCUT2D eigenvalue weighted by Crippen LogP contribution is 2.29. The predicted octanol–water partition coefficient (Wildman–Crippen LogP) is 3.95. The predicted molar refractivity (Wildman–Crippen MR) is 88.6 cm³/mol. The molecule has 1 atom stereocenters. The molecule has 3 nitrogen and oxygen atoms in total. The molecule has 0 spiro atoms. The van der Waals surface area contributed by atoms with Crippen LogP contribution >= 0.6 is 0 Å². The van der Waals surface area contributed by atoms with Crippen molar-refractivity contribution in [1.82, 2.24) is 10.6 Å². The van der Waals surface area contributed by atoms with Gasteiger partial charge < -0.3 is 5.32 Å². The topological polar surface area (TPSA) is 41.1 Å². The molecule has 138 valence electrons. The Morgan fingerprint density at radius 3 is 2.42 bits per heavy atom. The average Bonchev–Trinajstić information content (AvgIpc) is 3.40. The van der Waals surface area contributed by atoms with Crippen LogP contribution in [-0.2, 0) is 17.5 Å². The number of nitrogens with one attached hydrogen (secondary N) is 2. The van der Waals surface area contributed by atoms with Crippen molar-refractivity contribution < 1.29 is 22.4 Å². The number of carbonyl (C=O) groups is 1. The Hall–Kier alpha value is -2.41. The van der Waals surface area contributed by atoms with Gasteiger partial charge in [0, 0.05) is 12.6 Å². The Morgan fingerprint density at radius 1 is 1.12 bits per heavy atom. The van der Waals surface area contributed by atoms with Gasteiger partial charge in [-0.2, -0.15) is 13.2 Å². The van der Waals surface area contributed by atoms with Crippen molar-refractivity contribution in [3.63, 3.8) is 0 Å². The lowest BCUT2D eigenvalue weighted by molar-refractivity contribution is -0.137. The van der Waals surface area contributed by atoms with Crippen molar-refractivity contribution in [3.05, 3.63) is 71.0 Å². The highest BCUT2D eigenvalue weighted by molar-refractivity contribution is 5.83. The molecule has 7 heteroatoms. The first-order chi connectivity index (χ1) is 12.3. The van der Waals surface area contributed by atoms with Crippen molar-refractivity contribution in [2.45, 2.75) is 37.6 Å². The molecule has 0 unspecified atom stereocenters. The van der Waals surface area contributed by atoms with Gasteiger partial charge in [0.2, 0.25) is 5.91 Å². The first-order valence-electron chi connectivity index (χ1n) is 8.28. The molecule has 0 saturated heterocycles. The van der Waals surface area contributed by atoms with Crippen molar-refractivity contribution in [2.24, 2.45) is 0 Å². The van der Waals surface area contributed by atoms with Crippen molar-refractivity contribution in [1.29, 1.82) is 0 Å². The van der Waals surface area contributed by atoms with Crippen LogP contribution in [0.2, 0.25) is 0 Å². The summed E-state index contributed by atoms with van der Waals surface area (Å²) in [5.74, 6) is -0.695. The second-order valence-electron chi connectivity index (χ2n) is 6.35. The number of carbonyl (C=O) groups excluding carboxylic acids is 1. The summed E-state index contributed by atoms with van der Waals surface area (Å²) in [4.78, 5) is 12.5. The van der Waals surface area contributed by atoms with Crippen molar-refractivity contribution >= 4 is 5.91 Å². The van der Waals surface area contributed by atoms with Gasteiger partial charge in [-0.15, -0.1) is 0 Å². The maximum absolute atomic E-state index is 13.2. The van der Waals surface area contributed by atoms with Gasteiger partial charge >= 0.3 is 6.18 Å². The normalized spacial score (nSPS) is 15.5. The van der Waals surface area contributed by atoms with Crippen molar-refractivity contribution in [2.75, 3.05) is 0 Å². The zero-order valence-corrected chi connectivity index (χ0v) is 13.8. The third-order valence-corrected chi connectivity index (χ3v) is 4.15. The number of hydrogen-bond acceptors (Lipinski definition) is 2. The molecule has 26 heavy (non-hydrogen) atoms. The van der Waals surface area contributed by atoms with Crippen LogP contribution in [0.3, 0.4) is 0 Å². The van der Waals surface area contributed by atoms with Gasteiger partial charge in [-0.25, -0.2) is 4.39 Å². The summed E-state index contributed by atoms with van der Waals surface area (Å²) in [6, 6.07) is 9.79. The van der Waals surface area contributed by atoms with Gasteiger partial charge in [-0.05, 0) is 42.2 Å². The lowest BCUT2D eigenvalue weighted by Gasteiger charge is -2.19. The Balaban J connectivity index is 1.75. The summed E-state index contributed by atoms with van der Waals surface area (Å²) >= 11 is 0. The molecule has 0 bridgehead atoms. The number of amides is 1. The van der Waals surface area contributed by atoms with Crippen LogP contribution in [0.15, 0.2) is 48.5 Å². The Labute approximate surface area is 148 Å². The minimum absolute atomic E-state index is 0.0735. The standard InChI is InChI=1S/C19H18F4N2O/c20-15-6-4-13(5-7-15)17(18(26)25-16-8-9-16)24-11-12-2-1-3-14(10-12)19(21,22)23/h1-7,10,16-17,24H,8-9,11H2,(H,25,26)/t17-/m1/s1. The molecule has 0 heterocycles. The smallest absolute Gasteiger partial charge is 0.352 e. The molecule has 0 aromatic heterocycles. The molecule has 1 amide bonds. The Morgan fingerprint density at radius 2 is 1.81 bits per heavy atom. The maximum atomic E-state index is 13.2. The largest absolute Gasteiger partial charge is 0.416 e. The van der Waals surface area contributed by atoms with Gasteiger partial charge in [-0.3, -0.25) is 10.1 Å². The molecule has 1 fully saturated rings. The first kappa shape index (κ1) is 18.4. The van der Waals surface area contributed by atoms with Crippen LogP contribution < -0.4 is 10.6 Å². The Kier molecular flexibility index (Phi) is 5.27. The van der Waals surface area contributed by atoms with E-state index in [-0.39, 0.29) is 18.5 Å². The van der Waals surface area contributed by atoms with E-state index in [1.54, 1.807) is 6.07 Å². The van der Waals surface area contributed by atoms with Crippen LogP contribution in [0.1, 0.15) is 35.6 Å². The fourth-order valence-electron chi connectivity index (χ4n) is 2.61. The van der Waals surface area contributed by atoms with E-state index < -0.39 is 23.6 Å². The minimum Gasteiger partial charge on any atom is -0.352 e. The van der Waals surface area contributed by atoms with Crippen LogP contribution in [-0.4, -0.2) is 11.9 Å². The van der Waals surface area contributed by atoms with E-state index in [2.05, 4.69) is 10.6 Å². The lowest BCUT2D eigenvalue weighted by atomic mass is 10.0. The van der Waals surface area contributed by atoms with E-state index in [1.807, 2.05) is 0 Å². The van der Waals surface area contributed by atoms with Crippen molar-refractivity contribution in [3.8, 4) is 0 Å². The quantitative estimate of drug-likeness (QED) is 0.760. The van der Waals surface area contributed by atoms with Gasteiger partial charge in [0.05, 0.1) is 5.56 Å². The monoisotopic (exact) mass is 366 g/mol. The molecular formula is C19H18F4N2O. The molecule has 0 radical (unpaired) electrons. The third kappa shape index (κ3) is 4.82. The number of rotatable bonds is 6. The summed E-state index contributed by atoms with van der Waals surface area (Å²) in [5, 5.41) is 5.85. The van der Waals surface area contributed by atoms with E-state index in [0.717, 1.165) is 25.0 Å². The first-order valence-corrected chi connectivity index (χ1v) is 8.28. The molecule has 1 saturated carbocycles. The van der Waals surface area contributed by atoms with E-state index in [0.29, 0.717) is 11.1 Å². The lowest BCUT2D eigenvalue weighted by Crippen LogP contribution is -2.38. The zero-order chi connectivity index (χ0) is 18.7. The second-order valence-corrected chi connectivity index (χ2v) is 6.35. The highest BCUT2D eigenvalue weighted by atomic mass is 19.4. The van der Waals surface area contributed by atoms with Gasteiger partial charge in [0.25, 0.3) is 0 Å². The summed E-state index contributed by atoms with van der Waals surface area (Å²) in [6.07, 6.45) is -2.60. The van der Waals surface area contributed by atoms with Crippen LogP contribution in [0.4, 0.5) is 17.6 Å². The van der Waals surface area contributed by atoms with Crippen LogP contribution in [0, 0.1) is 5.82 Å². The summed E-state index contributed by atoms with van der Waals surface area (Å²) < 4.78 is 51.6. The van der Waals surface area contributed by atoms with Gasteiger partial charge in [0.1, 0.15) is 11.9 Å². The van der Waals surface area contributed by atoms with Crippen LogP contribution in [0.25, 0.3) is 0 Å². The zero-order valence-electron chi connectivity index (χ0n) is 13.8. The van der Waals surface area contributed by atoms with Gasteiger partial charge in [0.15, 0.2) is 0 Å². The minimum atomic E-state index is -4.42. The molecule has 3 rings (SSSR count).